The van der Waals surface area contributed by atoms with Gasteiger partial charge in [-0.1, -0.05) is 17.7 Å². The fraction of sp³-hybridized carbons (Fsp3) is 0.409. The van der Waals surface area contributed by atoms with Crippen LogP contribution in [0, 0.1) is 12.7 Å². The quantitative estimate of drug-likeness (QED) is 0.357. The Morgan fingerprint density at radius 3 is 2.03 bits per heavy atom. The van der Waals surface area contributed by atoms with Gasteiger partial charge in [-0.3, -0.25) is 19.2 Å². The summed E-state index contributed by atoms with van der Waals surface area (Å²) < 4.78 is 61.9. The van der Waals surface area contributed by atoms with Crippen LogP contribution in [-0.4, -0.2) is 59.8 Å². The van der Waals surface area contributed by atoms with Gasteiger partial charge in [-0.15, -0.1) is 0 Å². The molecule has 1 aliphatic rings. The fourth-order valence-corrected chi connectivity index (χ4v) is 4.92. The number of benzene rings is 1. The molecule has 0 unspecified atom stereocenters. The molecule has 0 bridgehead atoms. The Labute approximate surface area is 209 Å². The highest BCUT2D eigenvalue weighted by molar-refractivity contribution is 7.90. The minimum Gasteiger partial charge on any atom is -0.456 e. The Morgan fingerprint density at radius 2 is 1.49 bits per heavy atom. The van der Waals surface area contributed by atoms with Gasteiger partial charge < -0.3 is 18.9 Å². The van der Waals surface area contributed by atoms with Crippen molar-refractivity contribution in [2.24, 2.45) is 0 Å². The lowest BCUT2D eigenvalue weighted by Crippen LogP contribution is -2.59. The van der Waals surface area contributed by atoms with Crippen LogP contribution in [0.5, 0.6) is 0 Å². The van der Waals surface area contributed by atoms with Gasteiger partial charge in [-0.05, 0) is 19.1 Å². The summed E-state index contributed by atoms with van der Waals surface area (Å²) in [6.07, 6.45) is -6.51. The summed E-state index contributed by atoms with van der Waals surface area (Å²) in [5, 5.41) is 0. The minimum absolute atomic E-state index is 0.00157. The van der Waals surface area contributed by atoms with Gasteiger partial charge in [-0.25, -0.2) is 17.8 Å². The van der Waals surface area contributed by atoms with E-state index in [1.54, 1.807) is 6.92 Å². The first-order chi connectivity index (χ1) is 17.2. The van der Waals surface area contributed by atoms with Crippen LogP contribution in [0.3, 0.4) is 0 Å². The molecule has 2 aromatic rings. The molecule has 0 saturated carbocycles. The lowest BCUT2D eigenvalue weighted by molar-refractivity contribution is -0.240. The van der Waals surface area contributed by atoms with Crippen molar-refractivity contribution in [2.75, 3.05) is 6.61 Å². The number of aryl methyl sites for hydroxylation is 1. The van der Waals surface area contributed by atoms with Gasteiger partial charge in [0.15, 0.2) is 24.5 Å². The molecule has 0 aliphatic carbocycles. The first-order valence-corrected chi connectivity index (χ1v) is 12.2. The third kappa shape index (κ3) is 5.77. The molecule has 4 atom stereocenters. The fourth-order valence-electron chi connectivity index (χ4n) is 3.69. The lowest BCUT2D eigenvalue weighted by atomic mass is 10.0. The van der Waals surface area contributed by atoms with Crippen molar-refractivity contribution in [1.82, 2.24) is 8.54 Å². The Balaban J connectivity index is 2.22. The molecule has 1 aromatic heterocycles. The Kier molecular flexibility index (Phi) is 7.97. The highest BCUT2D eigenvalue weighted by Gasteiger charge is 2.49. The van der Waals surface area contributed by atoms with Crippen LogP contribution < -0.4 is 11.2 Å². The summed E-state index contributed by atoms with van der Waals surface area (Å²) in [5.74, 6) is -4.37. The average molecular weight is 542 g/mol. The van der Waals surface area contributed by atoms with Crippen LogP contribution in [0.2, 0.25) is 0 Å². The molecule has 1 saturated heterocycles. The molecule has 37 heavy (non-hydrogen) atoms. The zero-order valence-electron chi connectivity index (χ0n) is 20.1. The second kappa shape index (κ2) is 10.6. The van der Waals surface area contributed by atoms with Crippen LogP contribution in [-0.2, 0) is 43.4 Å². The van der Waals surface area contributed by atoms with Gasteiger partial charge in [0.1, 0.15) is 0 Å². The van der Waals surface area contributed by atoms with E-state index in [0.717, 1.165) is 20.8 Å². The van der Waals surface area contributed by atoms with Crippen molar-refractivity contribution >= 4 is 27.9 Å². The number of carbonyl (C=O) groups excluding carboxylic acids is 3. The highest BCUT2D eigenvalue weighted by atomic mass is 32.2. The maximum Gasteiger partial charge on any atom is 0.347 e. The van der Waals surface area contributed by atoms with Crippen molar-refractivity contribution in [3.05, 3.63) is 62.7 Å². The van der Waals surface area contributed by atoms with Crippen LogP contribution in [0.25, 0.3) is 0 Å². The topological polar surface area (TPSA) is 166 Å². The summed E-state index contributed by atoms with van der Waals surface area (Å²) in [6.45, 7) is 4.10. The minimum atomic E-state index is -4.70. The first-order valence-electron chi connectivity index (χ1n) is 10.7. The normalized spacial score (nSPS) is 21.6. The van der Waals surface area contributed by atoms with E-state index >= 15 is 0 Å². The van der Waals surface area contributed by atoms with Gasteiger partial charge >= 0.3 is 23.6 Å². The van der Waals surface area contributed by atoms with Crippen molar-refractivity contribution in [1.29, 1.82) is 0 Å². The molecule has 13 nitrogen and oxygen atoms in total. The second-order valence-corrected chi connectivity index (χ2v) is 9.88. The molecular formula is C22H23FN2O11S. The standard InChI is InChI=1S/C22H23FN2O11S/c1-11-5-7-15(8-6-11)37(31,32)24-9-16(23)20(29)25(22(24)30)21-19(36-14(4)28)18(35-13(3)27)17(10-33-21)34-12(2)26/h5-9,17-19,21H,10H2,1-4H3/t17-,18+,19-,21-/m1/s1. The molecule has 0 N–H and O–H groups in total. The lowest BCUT2D eigenvalue weighted by Gasteiger charge is -2.40. The molecule has 0 radical (unpaired) electrons. The highest BCUT2D eigenvalue weighted by Crippen LogP contribution is 2.29. The predicted octanol–water partition coefficient (Wildman–Crippen LogP) is 0.0184. The third-order valence-corrected chi connectivity index (χ3v) is 6.85. The summed E-state index contributed by atoms with van der Waals surface area (Å²) in [6, 6.07) is 5.27. The van der Waals surface area contributed by atoms with Crippen molar-refractivity contribution < 1.29 is 46.1 Å². The molecule has 1 fully saturated rings. The SMILES string of the molecule is CC(=O)O[C@@H]1[C@@H](OC(C)=O)[C@H](OC(C)=O)CO[C@H]1n1c(=O)c(F)cn(S(=O)(=O)c2ccc(C)cc2)c1=O. The van der Waals surface area contributed by atoms with Gasteiger partial charge in [0.2, 0.25) is 5.82 Å². The molecule has 0 spiro atoms. The zero-order valence-corrected chi connectivity index (χ0v) is 20.9. The third-order valence-electron chi connectivity index (χ3n) is 5.20. The van der Waals surface area contributed by atoms with E-state index in [4.69, 9.17) is 18.9 Å². The smallest absolute Gasteiger partial charge is 0.347 e. The number of esters is 3. The van der Waals surface area contributed by atoms with E-state index < -0.39 is 76.1 Å². The van der Waals surface area contributed by atoms with Crippen LogP contribution in [0.1, 0.15) is 32.6 Å². The van der Waals surface area contributed by atoms with E-state index in [0.29, 0.717) is 5.56 Å². The van der Waals surface area contributed by atoms with E-state index in [2.05, 4.69) is 0 Å². The number of aromatic nitrogens is 2. The zero-order chi connectivity index (χ0) is 27.7. The number of halogens is 1. The number of rotatable bonds is 6. The number of hydrogen-bond donors (Lipinski definition) is 0. The van der Waals surface area contributed by atoms with Gasteiger partial charge in [-0.2, -0.15) is 8.36 Å². The Hall–Kier alpha value is -3.85. The largest absolute Gasteiger partial charge is 0.456 e. The van der Waals surface area contributed by atoms with E-state index in [1.807, 2.05) is 0 Å². The number of hydrogen-bond acceptors (Lipinski definition) is 11. The number of ether oxygens (including phenoxy) is 4. The summed E-state index contributed by atoms with van der Waals surface area (Å²) in [7, 11) is -4.70. The molecule has 15 heteroatoms. The molecule has 3 rings (SSSR count). The Morgan fingerprint density at radius 1 is 0.946 bits per heavy atom. The maximum atomic E-state index is 14.8. The van der Waals surface area contributed by atoms with E-state index in [9.17, 15) is 36.8 Å². The van der Waals surface area contributed by atoms with Crippen molar-refractivity contribution in [2.45, 2.75) is 57.1 Å². The molecule has 1 aromatic carbocycles. The molecular weight excluding hydrogens is 519 g/mol. The molecule has 1 aliphatic heterocycles. The summed E-state index contributed by atoms with van der Waals surface area (Å²) in [4.78, 5) is 60.8. The van der Waals surface area contributed by atoms with E-state index in [1.165, 1.54) is 24.3 Å². The summed E-state index contributed by atoms with van der Waals surface area (Å²) >= 11 is 0. The maximum absolute atomic E-state index is 14.8. The first kappa shape index (κ1) is 27.7. The molecule has 0 amide bonds. The predicted molar refractivity (Wildman–Crippen MR) is 120 cm³/mol. The molecule has 200 valence electrons. The van der Waals surface area contributed by atoms with Crippen molar-refractivity contribution in [3.8, 4) is 0 Å². The molecule has 2 heterocycles. The van der Waals surface area contributed by atoms with E-state index in [-0.39, 0.29) is 19.6 Å². The van der Waals surface area contributed by atoms with Crippen LogP contribution >= 0.6 is 0 Å². The average Bonchev–Trinajstić information content (AvgIpc) is 2.79. The Bertz CT molecular complexity index is 1450. The number of nitrogens with zero attached hydrogens (tertiary/aromatic N) is 2. The van der Waals surface area contributed by atoms with Crippen LogP contribution in [0.4, 0.5) is 4.39 Å². The van der Waals surface area contributed by atoms with Gasteiger partial charge in [0, 0.05) is 20.8 Å². The van der Waals surface area contributed by atoms with Gasteiger partial charge in [0.25, 0.3) is 15.6 Å². The van der Waals surface area contributed by atoms with Gasteiger partial charge in [0.05, 0.1) is 17.7 Å². The monoisotopic (exact) mass is 542 g/mol. The second-order valence-electron chi connectivity index (χ2n) is 8.07. The van der Waals surface area contributed by atoms with Crippen molar-refractivity contribution in [3.63, 3.8) is 0 Å². The summed E-state index contributed by atoms with van der Waals surface area (Å²) in [5.41, 5.74) is -2.45. The van der Waals surface area contributed by atoms with Crippen LogP contribution in [0.15, 0.2) is 44.9 Å². The number of carbonyl (C=O) groups is 3.